The molecule has 1 atom stereocenters. The molecule has 0 saturated heterocycles. The Labute approximate surface area is 183 Å². The molecule has 2 aromatic carbocycles. The number of carbonyl (C=O) groups is 1. The number of para-hydroxylation sites is 1. The van der Waals surface area contributed by atoms with E-state index >= 15 is 0 Å². The maximum Gasteiger partial charge on any atom is 0.321 e. The van der Waals surface area contributed by atoms with E-state index in [9.17, 15) is 9.59 Å². The number of nitrogens with zero attached hydrogens (tertiary/aromatic N) is 3. The molecule has 0 unspecified atom stereocenters. The van der Waals surface area contributed by atoms with Crippen LogP contribution < -0.4 is 10.3 Å². The van der Waals surface area contributed by atoms with E-state index in [-0.39, 0.29) is 23.2 Å². The van der Waals surface area contributed by atoms with Gasteiger partial charge in [-0.2, -0.15) is 0 Å². The lowest BCUT2D eigenvalue weighted by Gasteiger charge is -2.14. The van der Waals surface area contributed by atoms with Crippen molar-refractivity contribution in [1.29, 1.82) is 0 Å². The molecule has 31 heavy (non-hydrogen) atoms. The Hall–Kier alpha value is -3.39. The highest BCUT2D eigenvalue weighted by atomic mass is 32.2. The summed E-state index contributed by atoms with van der Waals surface area (Å²) in [5.74, 6) is 1.00. The number of hydrogen-bond acceptors (Lipinski definition) is 6. The lowest BCUT2D eigenvalue weighted by molar-refractivity contribution is -0.131. The molecular weight excluding hydrogens is 412 g/mol. The van der Waals surface area contributed by atoms with Crippen LogP contribution in [0.15, 0.2) is 70.6 Å². The smallest absolute Gasteiger partial charge is 0.321 e. The van der Waals surface area contributed by atoms with Gasteiger partial charge in [0, 0.05) is 11.6 Å². The third-order valence-corrected chi connectivity index (χ3v) is 5.87. The summed E-state index contributed by atoms with van der Waals surface area (Å²) in [5.41, 5.74) is 1.99. The van der Waals surface area contributed by atoms with Gasteiger partial charge in [-0.3, -0.25) is 14.7 Å². The molecule has 4 rings (SSSR count). The maximum atomic E-state index is 12.6. The van der Waals surface area contributed by atoms with Crippen molar-refractivity contribution in [2.24, 2.45) is 0 Å². The summed E-state index contributed by atoms with van der Waals surface area (Å²) in [6.45, 7) is 4.20. The van der Waals surface area contributed by atoms with Crippen molar-refractivity contribution in [2.45, 2.75) is 31.3 Å². The number of aromatic amines is 1. The normalized spacial score (nSPS) is 12.1. The number of benzene rings is 2. The minimum atomic E-state index is -0.386. The van der Waals surface area contributed by atoms with E-state index in [4.69, 9.17) is 4.74 Å². The summed E-state index contributed by atoms with van der Waals surface area (Å²) in [5, 5.41) is 3.13. The first kappa shape index (κ1) is 20.9. The largest absolute Gasteiger partial charge is 0.426 e. The number of carbonyl (C=O) groups excluding carboxylic acids is 1. The number of nitrogens with one attached hydrogen (secondary N) is 1. The summed E-state index contributed by atoms with van der Waals surface area (Å²) in [7, 11) is 0. The number of thioether (sulfide) groups is 1. The van der Waals surface area contributed by atoms with Gasteiger partial charge in [0.1, 0.15) is 5.75 Å². The second-order valence-electron chi connectivity index (χ2n) is 7.12. The summed E-state index contributed by atoms with van der Waals surface area (Å²) in [4.78, 5) is 33.4. The Balaban J connectivity index is 1.57. The molecule has 0 bridgehead atoms. The van der Waals surface area contributed by atoms with Gasteiger partial charge in [-0.25, -0.2) is 14.5 Å². The van der Waals surface area contributed by atoms with Gasteiger partial charge in [-0.05, 0) is 24.0 Å². The van der Waals surface area contributed by atoms with Crippen LogP contribution in [0.3, 0.4) is 0 Å². The van der Waals surface area contributed by atoms with Crippen molar-refractivity contribution in [1.82, 2.24) is 19.6 Å². The number of hydrogen-bond donors (Lipinski definition) is 1. The van der Waals surface area contributed by atoms with Gasteiger partial charge in [0.15, 0.2) is 16.6 Å². The van der Waals surface area contributed by atoms with Crippen LogP contribution in [0.25, 0.3) is 17.0 Å². The first-order valence-electron chi connectivity index (χ1n) is 10.0. The number of esters is 1. The van der Waals surface area contributed by atoms with E-state index in [0.717, 1.165) is 17.5 Å². The summed E-state index contributed by atoms with van der Waals surface area (Å²) in [6, 6.07) is 18.5. The molecule has 0 aliphatic heterocycles. The van der Waals surface area contributed by atoms with Crippen molar-refractivity contribution in [3.05, 3.63) is 76.6 Å². The summed E-state index contributed by atoms with van der Waals surface area (Å²) < 4.78 is 7.12. The molecule has 7 nitrogen and oxygen atoms in total. The van der Waals surface area contributed by atoms with Gasteiger partial charge in [0.2, 0.25) is 0 Å². The summed E-state index contributed by atoms with van der Waals surface area (Å²) in [6.07, 6.45) is 0.950. The Morgan fingerprint density at radius 2 is 1.87 bits per heavy atom. The van der Waals surface area contributed by atoms with Crippen LogP contribution in [0.1, 0.15) is 31.7 Å². The average molecular weight is 435 g/mol. The van der Waals surface area contributed by atoms with Crippen LogP contribution in [-0.4, -0.2) is 31.3 Å². The molecule has 2 heterocycles. The Kier molecular flexibility index (Phi) is 6.18. The zero-order valence-corrected chi connectivity index (χ0v) is 18.1. The molecule has 158 valence electrons. The Bertz CT molecular complexity index is 1270. The van der Waals surface area contributed by atoms with Gasteiger partial charge in [0.05, 0.1) is 5.75 Å². The van der Waals surface area contributed by atoms with Crippen LogP contribution >= 0.6 is 11.8 Å². The van der Waals surface area contributed by atoms with E-state index in [1.165, 1.54) is 22.3 Å². The zero-order chi connectivity index (χ0) is 21.8. The molecule has 0 aliphatic rings. The second kappa shape index (κ2) is 9.18. The number of fused-ring (bicyclic) bond motifs is 1. The SMILES string of the molecule is CC[C@@H](C)c1ccccc1OC(=O)CSc1nc(-c2ccccc2)nc2cc(=O)[nH]n12. The van der Waals surface area contributed by atoms with Crippen molar-refractivity contribution >= 4 is 23.4 Å². The van der Waals surface area contributed by atoms with Crippen LogP contribution in [0.5, 0.6) is 5.75 Å². The van der Waals surface area contributed by atoms with E-state index in [0.29, 0.717) is 22.4 Å². The predicted octanol–water partition coefficient (Wildman–Crippen LogP) is 4.30. The minimum absolute atomic E-state index is 0.0371. The number of rotatable bonds is 7. The molecular formula is C23H22N4O3S. The van der Waals surface area contributed by atoms with Gasteiger partial charge in [0.25, 0.3) is 5.56 Å². The fourth-order valence-corrected chi connectivity index (χ4v) is 3.90. The molecule has 1 N–H and O–H groups in total. The minimum Gasteiger partial charge on any atom is -0.426 e. The summed E-state index contributed by atoms with van der Waals surface area (Å²) >= 11 is 1.19. The van der Waals surface area contributed by atoms with E-state index in [1.54, 1.807) is 0 Å². The van der Waals surface area contributed by atoms with Crippen LogP contribution in [0.4, 0.5) is 0 Å². The van der Waals surface area contributed by atoms with Crippen LogP contribution in [-0.2, 0) is 4.79 Å². The maximum absolute atomic E-state index is 12.6. The van der Waals surface area contributed by atoms with Crippen LogP contribution in [0, 0.1) is 0 Å². The fourth-order valence-electron chi connectivity index (χ4n) is 3.17. The third-order valence-electron chi connectivity index (χ3n) is 4.96. The molecule has 0 amide bonds. The molecule has 0 spiro atoms. The van der Waals surface area contributed by atoms with Gasteiger partial charge < -0.3 is 4.74 Å². The quantitative estimate of drug-likeness (QED) is 0.265. The van der Waals surface area contributed by atoms with Gasteiger partial charge in [-0.15, -0.1) is 0 Å². The van der Waals surface area contributed by atoms with Crippen molar-refractivity contribution in [3.8, 4) is 17.1 Å². The third kappa shape index (κ3) is 4.69. The molecule has 0 fully saturated rings. The Morgan fingerprint density at radius 3 is 2.65 bits per heavy atom. The second-order valence-corrected chi connectivity index (χ2v) is 8.06. The molecule has 4 aromatic rings. The number of H-pyrrole nitrogens is 1. The topological polar surface area (TPSA) is 89.3 Å². The van der Waals surface area contributed by atoms with Crippen molar-refractivity contribution < 1.29 is 9.53 Å². The monoisotopic (exact) mass is 434 g/mol. The highest BCUT2D eigenvalue weighted by Crippen LogP contribution is 2.29. The zero-order valence-electron chi connectivity index (χ0n) is 17.2. The average Bonchev–Trinajstić information content (AvgIpc) is 3.18. The molecule has 0 radical (unpaired) electrons. The lowest BCUT2D eigenvalue weighted by atomic mass is 9.98. The fraction of sp³-hybridized carbons (Fsp3) is 0.217. The number of aromatic nitrogens is 4. The predicted molar refractivity (Wildman–Crippen MR) is 121 cm³/mol. The van der Waals surface area contributed by atoms with Crippen LogP contribution in [0.2, 0.25) is 0 Å². The first-order chi connectivity index (χ1) is 15.0. The molecule has 0 saturated carbocycles. The standard InChI is InChI=1S/C23H22N4O3S/c1-3-15(2)17-11-7-8-12-18(17)30-21(29)14-31-23-25-22(16-9-5-4-6-10-16)24-19-13-20(28)26-27(19)23/h4-13,15H,3,14H2,1-2H3,(H,26,28)/t15-/m1/s1. The van der Waals surface area contributed by atoms with Crippen molar-refractivity contribution in [3.63, 3.8) is 0 Å². The molecule has 8 heteroatoms. The molecule has 2 aromatic heterocycles. The number of ether oxygens (including phenoxy) is 1. The Morgan fingerprint density at radius 1 is 1.13 bits per heavy atom. The van der Waals surface area contributed by atoms with Gasteiger partial charge in [-0.1, -0.05) is 74.1 Å². The van der Waals surface area contributed by atoms with E-state index in [1.807, 2.05) is 54.6 Å². The lowest BCUT2D eigenvalue weighted by Crippen LogP contribution is -2.14. The molecule has 0 aliphatic carbocycles. The highest BCUT2D eigenvalue weighted by Gasteiger charge is 2.16. The van der Waals surface area contributed by atoms with E-state index < -0.39 is 0 Å². The van der Waals surface area contributed by atoms with Crippen molar-refractivity contribution in [2.75, 3.05) is 5.75 Å². The van der Waals surface area contributed by atoms with Gasteiger partial charge >= 0.3 is 5.97 Å². The first-order valence-corrected chi connectivity index (χ1v) is 11.0. The van der Waals surface area contributed by atoms with E-state index in [2.05, 4.69) is 28.9 Å². The highest BCUT2D eigenvalue weighted by molar-refractivity contribution is 7.99.